The van der Waals surface area contributed by atoms with Gasteiger partial charge in [-0.1, -0.05) is 49.2 Å². The van der Waals surface area contributed by atoms with Gasteiger partial charge in [0.25, 0.3) is 0 Å². The maximum Gasteiger partial charge on any atom is 0.344 e. The number of fused-ring (bicyclic) bond motifs is 2. The molecule has 4 rings (SSSR count). The van der Waals surface area contributed by atoms with E-state index in [2.05, 4.69) is 4.98 Å². The van der Waals surface area contributed by atoms with Crippen molar-refractivity contribution < 1.29 is 9.53 Å². The largest absolute Gasteiger partial charge is 0.462 e. The number of halogens is 2. The number of aromatic nitrogens is 3. The molecule has 0 aliphatic rings. The van der Waals surface area contributed by atoms with E-state index >= 15 is 0 Å². The van der Waals surface area contributed by atoms with Gasteiger partial charge in [0.15, 0.2) is 5.65 Å². The topological polar surface area (TPSA) is 83.0 Å². The van der Waals surface area contributed by atoms with Crippen molar-refractivity contribution in [2.24, 2.45) is 5.92 Å². The van der Waals surface area contributed by atoms with E-state index in [0.29, 0.717) is 37.9 Å². The van der Waals surface area contributed by atoms with Crippen LogP contribution in [0.3, 0.4) is 0 Å². The minimum atomic E-state index is -0.537. The van der Waals surface area contributed by atoms with Gasteiger partial charge in [-0.3, -0.25) is 4.57 Å². The Kier molecular flexibility index (Phi) is 5.06. The van der Waals surface area contributed by atoms with Crippen molar-refractivity contribution >= 4 is 57.2 Å². The number of esters is 1. The van der Waals surface area contributed by atoms with Crippen LogP contribution in [0.2, 0.25) is 10.0 Å². The Morgan fingerprint density at radius 3 is 2.45 bits per heavy atom. The van der Waals surface area contributed by atoms with Crippen LogP contribution in [0.4, 0.5) is 5.82 Å². The van der Waals surface area contributed by atoms with E-state index in [0.717, 1.165) is 0 Å². The molecule has 4 aromatic rings. The van der Waals surface area contributed by atoms with Gasteiger partial charge in [0.2, 0.25) is 0 Å². The standard InChI is InChI=1S/C21H18Cl2N4O2/c1-11(2)10-29-21(28)17-18-20(26-16-6-4-3-5-15(16)25-18)27(19(17)24)12-7-8-13(22)14(23)9-12/h3-9,11H,10,24H2,1-2H3. The quantitative estimate of drug-likeness (QED) is 0.447. The first-order valence-corrected chi connectivity index (χ1v) is 9.81. The van der Waals surface area contributed by atoms with Gasteiger partial charge in [-0.05, 0) is 36.2 Å². The molecule has 2 aromatic heterocycles. The molecule has 0 atom stereocenters. The summed E-state index contributed by atoms with van der Waals surface area (Å²) in [5.74, 6) is -0.164. The predicted molar refractivity (Wildman–Crippen MR) is 116 cm³/mol. The molecule has 148 valence electrons. The third-order valence-corrected chi connectivity index (χ3v) is 5.15. The number of nitrogens with two attached hydrogens (primary N) is 1. The lowest BCUT2D eigenvalue weighted by molar-refractivity contribution is 0.0462. The molecule has 6 nitrogen and oxygen atoms in total. The summed E-state index contributed by atoms with van der Waals surface area (Å²) in [6.45, 7) is 4.20. The second-order valence-electron chi connectivity index (χ2n) is 7.07. The van der Waals surface area contributed by atoms with Gasteiger partial charge >= 0.3 is 5.97 Å². The third-order valence-electron chi connectivity index (χ3n) is 4.41. The molecule has 29 heavy (non-hydrogen) atoms. The maximum atomic E-state index is 12.9. The molecule has 0 radical (unpaired) electrons. The lowest BCUT2D eigenvalue weighted by atomic mass is 10.2. The van der Waals surface area contributed by atoms with Crippen molar-refractivity contribution in [2.75, 3.05) is 12.3 Å². The summed E-state index contributed by atoms with van der Waals surface area (Å²) >= 11 is 12.3. The molecule has 0 amide bonds. The number of benzene rings is 2. The van der Waals surface area contributed by atoms with Gasteiger partial charge < -0.3 is 10.5 Å². The Morgan fingerprint density at radius 2 is 1.79 bits per heavy atom. The Labute approximate surface area is 177 Å². The average Bonchev–Trinajstić information content (AvgIpc) is 2.97. The minimum absolute atomic E-state index is 0.183. The maximum absolute atomic E-state index is 12.9. The number of nitrogen functional groups attached to an aromatic ring is 1. The molecule has 0 aliphatic carbocycles. The number of hydrogen-bond acceptors (Lipinski definition) is 5. The van der Waals surface area contributed by atoms with Crippen molar-refractivity contribution in [1.29, 1.82) is 0 Å². The first-order valence-electron chi connectivity index (χ1n) is 9.06. The fourth-order valence-corrected chi connectivity index (χ4v) is 3.36. The Bertz CT molecular complexity index is 1250. The van der Waals surface area contributed by atoms with E-state index in [1.54, 1.807) is 22.8 Å². The summed E-state index contributed by atoms with van der Waals surface area (Å²) in [4.78, 5) is 22.2. The molecule has 8 heteroatoms. The number of ether oxygens (including phenoxy) is 1. The summed E-state index contributed by atoms with van der Waals surface area (Å²) in [7, 11) is 0. The van der Waals surface area contributed by atoms with Gasteiger partial charge in [-0.15, -0.1) is 0 Å². The average molecular weight is 429 g/mol. The van der Waals surface area contributed by atoms with E-state index in [1.165, 1.54) is 0 Å². The van der Waals surface area contributed by atoms with Gasteiger partial charge in [0.1, 0.15) is 16.9 Å². The highest BCUT2D eigenvalue weighted by Gasteiger charge is 2.26. The molecule has 2 N–H and O–H groups in total. The van der Waals surface area contributed by atoms with Gasteiger partial charge in [0, 0.05) is 0 Å². The first kappa shape index (κ1) is 19.5. The SMILES string of the molecule is CC(C)COC(=O)c1c(N)n(-c2ccc(Cl)c(Cl)c2)c2nc3ccccc3nc12. The number of para-hydroxylation sites is 2. The molecule has 2 heterocycles. The van der Waals surface area contributed by atoms with Gasteiger partial charge in [-0.25, -0.2) is 14.8 Å². The Hall–Kier alpha value is -2.83. The normalized spacial score (nSPS) is 11.5. The summed E-state index contributed by atoms with van der Waals surface area (Å²) in [6.07, 6.45) is 0. The highest BCUT2D eigenvalue weighted by molar-refractivity contribution is 6.42. The van der Waals surface area contributed by atoms with Crippen LogP contribution in [-0.4, -0.2) is 27.1 Å². The molecule has 0 aliphatic heterocycles. The molecule has 0 fully saturated rings. The van der Waals surface area contributed by atoms with Gasteiger partial charge in [0.05, 0.1) is 33.4 Å². The molecule has 0 spiro atoms. The molecule has 0 saturated heterocycles. The zero-order valence-corrected chi connectivity index (χ0v) is 17.3. The van der Waals surface area contributed by atoms with Crippen molar-refractivity contribution in [3.63, 3.8) is 0 Å². The lowest BCUT2D eigenvalue weighted by Gasteiger charge is -2.09. The number of hydrogen-bond donors (Lipinski definition) is 1. The Balaban J connectivity index is 2.01. The second kappa shape index (κ2) is 7.54. The monoisotopic (exact) mass is 428 g/mol. The van der Waals surface area contributed by atoms with Crippen molar-refractivity contribution in [1.82, 2.24) is 14.5 Å². The Morgan fingerprint density at radius 1 is 1.10 bits per heavy atom. The van der Waals surface area contributed by atoms with E-state index in [4.69, 9.17) is 38.7 Å². The van der Waals surface area contributed by atoms with Crippen molar-refractivity contribution in [3.05, 3.63) is 58.1 Å². The summed E-state index contributed by atoms with van der Waals surface area (Å²) in [5, 5.41) is 0.779. The van der Waals surface area contributed by atoms with Crippen LogP contribution in [0.5, 0.6) is 0 Å². The highest BCUT2D eigenvalue weighted by Crippen LogP contribution is 2.33. The second-order valence-corrected chi connectivity index (χ2v) is 7.89. The van der Waals surface area contributed by atoms with Crippen LogP contribution in [0, 0.1) is 5.92 Å². The summed E-state index contributed by atoms with van der Waals surface area (Å²) < 4.78 is 7.08. The molecule has 0 unspecified atom stereocenters. The van der Waals surface area contributed by atoms with Crippen LogP contribution in [0.25, 0.3) is 27.9 Å². The zero-order valence-electron chi connectivity index (χ0n) is 15.8. The molecular weight excluding hydrogens is 411 g/mol. The molecular formula is C21H18Cl2N4O2. The van der Waals surface area contributed by atoms with Crippen LogP contribution in [-0.2, 0) is 4.74 Å². The van der Waals surface area contributed by atoms with Crippen molar-refractivity contribution in [3.8, 4) is 5.69 Å². The van der Waals surface area contributed by atoms with Crippen LogP contribution in [0.1, 0.15) is 24.2 Å². The lowest BCUT2D eigenvalue weighted by Crippen LogP contribution is -2.12. The van der Waals surface area contributed by atoms with Crippen LogP contribution >= 0.6 is 23.2 Å². The van der Waals surface area contributed by atoms with E-state index < -0.39 is 5.97 Å². The number of rotatable bonds is 4. The molecule has 2 aromatic carbocycles. The highest BCUT2D eigenvalue weighted by atomic mass is 35.5. The third kappa shape index (κ3) is 3.50. The predicted octanol–water partition coefficient (Wildman–Crippen LogP) is 5.28. The summed E-state index contributed by atoms with van der Waals surface area (Å²) in [5.41, 5.74) is 9.37. The number of nitrogens with zero attached hydrogens (tertiary/aromatic N) is 3. The van der Waals surface area contributed by atoms with E-state index in [9.17, 15) is 4.79 Å². The van der Waals surface area contributed by atoms with E-state index in [1.807, 2.05) is 38.1 Å². The molecule has 0 saturated carbocycles. The first-order chi connectivity index (χ1) is 13.9. The molecule has 0 bridgehead atoms. The van der Waals surface area contributed by atoms with E-state index in [-0.39, 0.29) is 23.9 Å². The van der Waals surface area contributed by atoms with Gasteiger partial charge in [-0.2, -0.15) is 0 Å². The minimum Gasteiger partial charge on any atom is -0.462 e. The fraction of sp³-hybridized carbons (Fsp3) is 0.190. The van der Waals surface area contributed by atoms with Crippen molar-refractivity contribution in [2.45, 2.75) is 13.8 Å². The summed E-state index contributed by atoms with van der Waals surface area (Å²) in [6, 6.07) is 12.5. The number of anilines is 1. The smallest absolute Gasteiger partial charge is 0.344 e. The zero-order chi connectivity index (χ0) is 20.7. The fourth-order valence-electron chi connectivity index (χ4n) is 3.06. The van der Waals surface area contributed by atoms with Crippen LogP contribution < -0.4 is 5.73 Å². The van der Waals surface area contributed by atoms with Crippen LogP contribution in [0.15, 0.2) is 42.5 Å². The number of carbonyl (C=O) groups is 1. The number of carbonyl (C=O) groups excluding carboxylic acids is 1.